The lowest BCUT2D eigenvalue weighted by Gasteiger charge is -2.14. The van der Waals surface area contributed by atoms with E-state index in [2.05, 4.69) is 10.3 Å². The highest BCUT2D eigenvalue weighted by atomic mass is 35.5. The summed E-state index contributed by atoms with van der Waals surface area (Å²) in [5.41, 5.74) is -1.18. The second kappa shape index (κ2) is 5.05. The van der Waals surface area contributed by atoms with Gasteiger partial charge in [-0.25, -0.2) is 4.98 Å². The van der Waals surface area contributed by atoms with Crippen LogP contribution in [0.4, 0.5) is 29.1 Å². The summed E-state index contributed by atoms with van der Waals surface area (Å²) >= 11 is 5.55. The molecule has 100 valence electrons. The highest BCUT2D eigenvalue weighted by Gasteiger charge is 2.33. The monoisotopic (exact) mass is 290 g/mol. The number of rotatable bonds is 2. The molecule has 7 heteroatoms. The number of hydrogen-bond acceptors (Lipinski definition) is 2. The van der Waals surface area contributed by atoms with Gasteiger partial charge in [0.15, 0.2) is 0 Å². The maximum absolute atomic E-state index is 12.9. The second-order valence-corrected chi connectivity index (χ2v) is 4.09. The lowest BCUT2D eigenvalue weighted by atomic mass is 10.1. The summed E-state index contributed by atoms with van der Waals surface area (Å²) in [4.78, 5) is 3.44. The second-order valence-electron chi connectivity index (χ2n) is 3.66. The fraction of sp³-hybridized carbons (Fsp3) is 0.0833. The van der Waals surface area contributed by atoms with Crippen LogP contribution in [0, 0.1) is 5.95 Å². The smallest absolute Gasteiger partial charge is 0.340 e. The first kappa shape index (κ1) is 13.6. The summed E-state index contributed by atoms with van der Waals surface area (Å²) in [6, 6.07) is 7.06. The Morgan fingerprint density at radius 2 is 1.84 bits per heavy atom. The van der Waals surface area contributed by atoms with Gasteiger partial charge in [0.2, 0.25) is 5.95 Å². The summed E-state index contributed by atoms with van der Waals surface area (Å²) in [7, 11) is 0. The zero-order chi connectivity index (χ0) is 14.0. The average Bonchev–Trinajstić information content (AvgIpc) is 2.30. The Hall–Kier alpha value is -1.82. The van der Waals surface area contributed by atoms with E-state index >= 15 is 0 Å². The molecule has 0 spiro atoms. The molecule has 0 bridgehead atoms. The van der Waals surface area contributed by atoms with Gasteiger partial charge in [-0.2, -0.15) is 17.6 Å². The van der Waals surface area contributed by atoms with Crippen LogP contribution >= 0.6 is 11.6 Å². The SMILES string of the molecule is Fc1cccc(Nc2ccc(Cl)cc2C(F)(F)F)n1. The van der Waals surface area contributed by atoms with Gasteiger partial charge in [0, 0.05) is 5.02 Å². The van der Waals surface area contributed by atoms with Gasteiger partial charge in [0.25, 0.3) is 0 Å². The lowest BCUT2D eigenvalue weighted by Crippen LogP contribution is -2.09. The number of benzene rings is 1. The number of anilines is 2. The van der Waals surface area contributed by atoms with Gasteiger partial charge in [-0.05, 0) is 30.3 Å². The van der Waals surface area contributed by atoms with E-state index in [-0.39, 0.29) is 16.5 Å². The Balaban J connectivity index is 2.40. The third-order valence-electron chi connectivity index (χ3n) is 2.26. The number of halogens is 5. The summed E-state index contributed by atoms with van der Waals surface area (Å²) in [6.07, 6.45) is -4.57. The van der Waals surface area contributed by atoms with E-state index in [0.29, 0.717) is 0 Å². The summed E-state index contributed by atoms with van der Waals surface area (Å²) < 4.78 is 51.3. The molecule has 2 nitrogen and oxygen atoms in total. The summed E-state index contributed by atoms with van der Waals surface area (Å²) in [5, 5.41) is 2.38. The Morgan fingerprint density at radius 3 is 2.47 bits per heavy atom. The van der Waals surface area contributed by atoms with Gasteiger partial charge in [0.1, 0.15) is 5.82 Å². The van der Waals surface area contributed by atoms with Crippen molar-refractivity contribution in [3.8, 4) is 0 Å². The molecule has 1 aromatic heterocycles. The minimum absolute atomic E-state index is 0.0205. The minimum Gasteiger partial charge on any atom is -0.340 e. The number of alkyl halides is 3. The van der Waals surface area contributed by atoms with Crippen LogP contribution in [0.15, 0.2) is 36.4 Å². The molecule has 0 saturated carbocycles. The van der Waals surface area contributed by atoms with Crippen molar-refractivity contribution in [3.05, 3.63) is 52.9 Å². The van der Waals surface area contributed by atoms with E-state index in [0.717, 1.165) is 18.2 Å². The molecule has 0 amide bonds. The number of nitrogens with zero attached hydrogens (tertiary/aromatic N) is 1. The van der Waals surface area contributed by atoms with Crippen LogP contribution in [0.1, 0.15) is 5.56 Å². The van der Waals surface area contributed by atoms with E-state index in [1.54, 1.807) is 0 Å². The van der Waals surface area contributed by atoms with E-state index in [4.69, 9.17) is 11.6 Å². The van der Waals surface area contributed by atoms with E-state index in [1.165, 1.54) is 18.2 Å². The highest BCUT2D eigenvalue weighted by Crippen LogP contribution is 2.37. The van der Waals surface area contributed by atoms with E-state index < -0.39 is 17.7 Å². The zero-order valence-electron chi connectivity index (χ0n) is 9.30. The fourth-order valence-corrected chi connectivity index (χ4v) is 1.65. The van der Waals surface area contributed by atoms with Gasteiger partial charge in [-0.3, -0.25) is 0 Å². The molecular weight excluding hydrogens is 284 g/mol. The fourth-order valence-electron chi connectivity index (χ4n) is 1.48. The Morgan fingerprint density at radius 1 is 1.11 bits per heavy atom. The van der Waals surface area contributed by atoms with Crippen LogP contribution in [0.5, 0.6) is 0 Å². The Labute approximate surface area is 111 Å². The predicted octanol–water partition coefficient (Wildman–Crippen LogP) is 4.64. The molecule has 0 radical (unpaired) electrons. The Bertz CT molecular complexity index is 599. The molecule has 19 heavy (non-hydrogen) atoms. The van der Waals surface area contributed by atoms with Crippen molar-refractivity contribution in [1.82, 2.24) is 4.98 Å². The molecule has 0 saturated heterocycles. The van der Waals surface area contributed by atoms with Crippen molar-refractivity contribution in [1.29, 1.82) is 0 Å². The molecule has 0 aliphatic heterocycles. The predicted molar refractivity (Wildman–Crippen MR) is 63.9 cm³/mol. The maximum Gasteiger partial charge on any atom is 0.418 e. The summed E-state index contributed by atoms with van der Waals surface area (Å²) in [6.45, 7) is 0. The topological polar surface area (TPSA) is 24.9 Å². The molecule has 0 fully saturated rings. The van der Waals surface area contributed by atoms with Gasteiger partial charge >= 0.3 is 6.18 Å². The average molecular weight is 291 g/mol. The van der Waals surface area contributed by atoms with Gasteiger partial charge in [0.05, 0.1) is 11.3 Å². The van der Waals surface area contributed by atoms with Gasteiger partial charge in [-0.15, -0.1) is 0 Å². The highest BCUT2D eigenvalue weighted by molar-refractivity contribution is 6.30. The molecule has 1 heterocycles. The molecular formula is C12H7ClF4N2. The molecule has 1 N–H and O–H groups in total. The van der Waals surface area contributed by atoms with Crippen LogP contribution < -0.4 is 5.32 Å². The summed E-state index contributed by atoms with van der Waals surface area (Å²) in [5.74, 6) is -0.805. The van der Waals surface area contributed by atoms with Crippen molar-refractivity contribution in [2.45, 2.75) is 6.18 Å². The van der Waals surface area contributed by atoms with Crippen LogP contribution in [-0.4, -0.2) is 4.98 Å². The van der Waals surface area contributed by atoms with Crippen LogP contribution in [0.3, 0.4) is 0 Å². The van der Waals surface area contributed by atoms with Crippen molar-refractivity contribution in [2.75, 3.05) is 5.32 Å². The van der Waals surface area contributed by atoms with E-state index in [9.17, 15) is 17.6 Å². The molecule has 0 atom stereocenters. The van der Waals surface area contributed by atoms with Crippen molar-refractivity contribution in [3.63, 3.8) is 0 Å². The maximum atomic E-state index is 12.9. The largest absolute Gasteiger partial charge is 0.418 e. The molecule has 2 aromatic rings. The number of aromatic nitrogens is 1. The van der Waals surface area contributed by atoms with Crippen LogP contribution in [0.25, 0.3) is 0 Å². The molecule has 0 unspecified atom stereocenters. The van der Waals surface area contributed by atoms with Crippen LogP contribution in [-0.2, 0) is 6.18 Å². The standard InChI is InChI=1S/C12H7ClF4N2/c13-7-4-5-9(8(6-7)12(15,16)17)18-11-3-1-2-10(14)19-11/h1-6H,(H,18,19). The zero-order valence-corrected chi connectivity index (χ0v) is 10.1. The quantitative estimate of drug-likeness (QED) is 0.644. The first-order chi connectivity index (χ1) is 8.86. The number of nitrogens with one attached hydrogen (secondary N) is 1. The minimum atomic E-state index is -4.57. The third-order valence-corrected chi connectivity index (χ3v) is 2.50. The van der Waals surface area contributed by atoms with Crippen molar-refractivity contribution < 1.29 is 17.6 Å². The lowest BCUT2D eigenvalue weighted by molar-refractivity contribution is -0.136. The first-order valence-electron chi connectivity index (χ1n) is 5.12. The van der Waals surface area contributed by atoms with E-state index in [1.807, 2.05) is 0 Å². The van der Waals surface area contributed by atoms with Gasteiger partial charge < -0.3 is 5.32 Å². The van der Waals surface area contributed by atoms with Crippen LogP contribution in [0.2, 0.25) is 5.02 Å². The normalized spacial score (nSPS) is 11.4. The first-order valence-corrected chi connectivity index (χ1v) is 5.50. The van der Waals surface area contributed by atoms with Crippen molar-refractivity contribution >= 4 is 23.1 Å². The molecule has 0 aliphatic carbocycles. The number of pyridine rings is 1. The number of hydrogen-bond donors (Lipinski definition) is 1. The molecule has 1 aromatic carbocycles. The van der Waals surface area contributed by atoms with Gasteiger partial charge in [-0.1, -0.05) is 17.7 Å². The third kappa shape index (κ3) is 3.35. The molecule has 2 rings (SSSR count). The molecule has 0 aliphatic rings. The van der Waals surface area contributed by atoms with Crippen molar-refractivity contribution in [2.24, 2.45) is 0 Å². The Kier molecular flexibility index (Phi) is 3.61.